The summed E-state index contributed by atoms with van der Waals surface area (Å²) in [4.78, 5) is 31.2. The van der Waals surface area contributed by atoms with Crippen LogP contribution in [0.2, 0.25) is 5.02 Å². The maximum absolute atomic E-state index is 14.0. The normalized spacial score (nSPS) is 27.5. The maximum atomic E-state index is 14.0. The van der Waals surface area contributed by atoms with Gasteiger partial charge in [0, 0.05) is 36.4 Å². The van der Waals surface area contributed by atoms with Crippen molar-refractivity contribution in [2.45, 2.75) is 37.3 Å². The Morgan fingerprint density at radius 1 is 1.23 bits per heavy atom. The predicted octanol–water partition coefficient (Wildman–Crippen LogP) is 3.65. The molecular formula is C23H21ClFN3O3. The van der Waals surface area contributed by atoms with Crippen molar-refractivity contribution >= 4 is 29.3 Å². The average molecular weight is 442 g/mol. The fourth-order valence-electron chi connectivity index (χ4n) is 5.04. The van der Waals surface area contributed by atoms with Crippen molar-refractivity contribution in [1.29, 1.82) is 0 Å². The standard InChI is InChI=1S/C23H21ClFN3O3/c1-28-21(30)11-23(27-22(28)26)17-4-3-16(29)10-20(17)31-19-5-2-12(8-18(19)23)13-6-14(24)9-15(25)7-13/h2,5-9,17,20H,3-4,10-11H2,1H3,(H2,26,27). The largest absolute Gasteiger partial charge is 0.489 e. The third-order valence-electron chi connectivity index (χ3n) is 6.60. The van der Waals surface area contributed by atoms with E-state index in [1.165, 1.54) is 17.0 Å². The van der Waals surface area contributed by atoms with E-state index >= 15 is 0 Å². The van der Waals surface area contributed by atoms with Gasteiger partial charge in [0.25, 0.3) is 0 Å². The molecule has 2 N–H and O–H groups in total. The molecule has 1 spiro atoms. The van der Waals surface area contributed by atoms with Gasteiger partial charge in [0.05, 0.1) is 6.42 Å². The zero-order valence-corrected chi connectivity index (χ0v) is 17.7. The van der Waals surface area contributed by atoms with Gasteiger partial charge in [-0.2, -0.15) is 0 Å². The van der Waals surface area contributed by atoms with Crippen LogP contribution in [0.25, 0.3) is 11.1 Å². The van der Waals surface area contributed by atoms with E-state index in [0.717, 1.165) is 11.1 Å². The summed E-state index contributed by atoms with van der Waals surface area (Å²) in [5.74, 6) is 0.0985. The number of fused-ring (bicyclic) bond motifs is 4. The Balaban J connectivity index is 1.71. The molecule has 0 aromatic heterocycles. The Hall–Kier alpha value is -2.93. The van der Waals surface area contributed by atoms with E-state index in [9.17, 15) is 14.0 Å². The SMILES string of the molecule is CN1C(=O)CC2(N=C1N)c1cc(-c3cc(F)cc(Cl)c3)ccc1OC1CC(=O)CCC12. The van der Waals surface area contributed by atoms with Crippen LogP contribution in [0.1, 0.15) is 31.2 Å². The third-order valence-corrected chi connectivity index (χ3v) is 6.82. The van der Waals surface area contributed by atoms with E-state index in [1.54, 1.807) is 19.2 Å². The van der Waals surface area contributed by atoms with Gasteiger partial charge in [-0.3, -0.25) is 14.5 Å². The molecule has 31 heavy (non-hydrogen) atoms. The van der Waals surface area contributed by atoms with E-state index in [4.69, 9.17) is 27.1 Å². The van der Waals surface area contributed by atoms with Crippen molar-refractivity contribution in [1.82, 2.24) is 4.90 Å². The number of guanidine groups is 1. The molecule has 3 atom stereocenters. The lowest BCUT2D eigenvalue weighted by atomic mass is 9.65. The van der Waals surface area contributed by atoms with Gasteiger partial charge in [-0.1, -0.05) is 17.7 Å². The van der Waals surface area contributed by atoms with Crippen molar-refractivity contribution in [2.24, 2.45) is 16.6 Å². The van der Waals surface area contributed by atoms with Crippen LogP contribution >= 0.6 is 11.6 Å². The van der Waals surface area contributed by atoms with Crippen LogP contribution in [-0.2, 0) is 15.1 Å². The molecule has 3 unspecified atom stereocenters. The number of ether oxygens (including phenoxy) is 1. The van der Waals surface area contributed by atoms with Crippen LogP contribution in [0.3, 0.4) is 0 Å². The molecule has 8 heteroatoms. The smallest absolute Gasteiger partial charge is 0.231 e. The highest BCUT2D eigenvalue weighted by atomic mass is 35.5. The fraction of sp³-hybridized carbons (Fsp3) is 0.348. The van der Waals surface area contributed by atoms with Crippen molar-refractivity contribution < 1.29 is 18.7 Å². The summed E-state index contributed by atoms with van der Waals surface area (Å²) in [7, 11) is 1.60. The first kappa shape index (κ1) is 20.0. The van der Waals surface area contributed by atoms with Gasteiger partial charge >= 0.3 is 0 Å². The number of amides is 1. The number of carbonyl (C=O) groups is 2. The Labute approximate surface area is 183 Å². The summed E-state index contributed by atoms with van der Waals surface area (Å²) in [5, 5.41) is 0.293. The number of carbonyl (C=O) groups excluding carboxylic acids is 2. The molecule has 0 radical (unpaired) electrons. The second-order valence-corrected chi connectivity index (χ2v) is 8.87. The number of halogens is 2. The summed E-state index contributed by atoms with van der Waals surface area (Å²) in [6.45, 7) is 0. The summed E-state index contributed by atoms with van der Waals surface area (Å²) in [5.41, 5.74) is 7.29. The van der Waals surface area contributed by atoms with E-state index in [1.807, 2.05) is 12.1 Å². The Morgan fingerprint density at radius 3 is 2.77 bits per heavy atom. The molecule has 0 saturated heterocycles. The van der Waals surface area contributed by atoms with Gasteiger partial charge in [0.2, 0.25) is 5.91 Å². The molecule has 0 bridgehead atoms. The molecule has 160 valence electrons. The van der Waals surface area contributed by atoms with E-state index in [2.05, 4.69) is 0 Å². The number of rotatable bonds is 1. The number of ketones is 1. The highest BCUT2D eigenvalue weighted by Crippen LogP contribution is 2.54. The number of nitrogens with zero attached hydrogens (tertiary/aromatic N) is 2. The molecular weight excluding hydrogens is 421 g/mol. The summed E-state index contributed by atoms with van der Waals surface area (Å²) >= 11 is 6.06. The molecule has 2 aliphatic heterocycles. The molecule has 1 amide bonds. The Kier molecular flexibility index (Phi) is 4.55. The highest BCUT2D eigenvalue weighted by molar-refractivity contribution is 6.30. The molecule has 2 aromatic carbocycles. The van der Waals surface area contributed by atoms with Crippen molar-refractivity contribution in [2.75, 3.05) is 7.05 Å². The Bertz CT molecular complexity index is 1130. The first-order valence-corrected chi connectivity index (χ1v) is 10.6. The minimum Gasteiger partial charge on any atom is -0.489 e. The quantitative estimate of drug-likeness (QED) is 0.732. The predicted molar refractivity (Wildman–Crippen MR) is 114 cm³/mol. The number of hydrogen-bond donors (Lipinski definition) is 1. The zero-order valence-electron chi connectivity index (χ0n) is 16.9. The number of aliphatic imine (C=N–C) groups is 1. The van der Waals surface area contributed by atoms with Gasteiger partial charge < -0.3 is 10.5 Å². The first-order valence-electron chi connectivity index (χ1n) is 10.2. The van der Waals surface area contributed by atoms with E-state index < -0.39 is 11.4 Å². The summed E-state index contributed by atoms with van der Waals surface area (Å²) < 4.78 is 20.2. The van der Waals surface area contributed by atoms with Crippen LogP contribution in [0.15, 0.2) is 41.4 Å². The van der Waals surface area contributed by atoms with Crippen LogP contribution < -0.4 is 10.5 Å². The molecule has 6 nitrogen and oxygen atoms in total. The molecule has 3 aliphatic rings. The lowest BCUT2D eigenvalue weighted by Crippen LogP contribution is -2.57. The molecule has 1 aliphatic carbocycles. The van der Waals surface area contributed by atoms with Crippen molar-refractivity contribution in [3.63, 3.8) is 0 Å². The number of benzene rings is 2. The molecule has 1 fully saturated rings. The summed E-state index contributed by atoms with van der Waals surface area (Å²) in [6.07, 6.45) is 1.03. The van der Waals surface area contributed by atoms with E-state index in [0.29, 0.717) is 29.2 Å². The van der Waals surface area contributed by atoms with Gasteiger partial charge in [-0.25, -0.2) is 9.38 Å². The number of Topliss-reactive ketones (excluding diaryl/α,β-unsaturated/α-hetero) is 1. The molecule has 1 saturated carbocycles. The van der Waals surface area contributed by atoms with Crippen LogP contribution in [0.5, 0.6) is 5.75 Å². The zero-order chi connectivity index (χ0) is 21.9. The van der Waals surface area contributed by atoms with Gasteiger partial charge in [0.15, 0.2) is 5.96 Å². The third kappa shape index (κ3) is 3.19. The summed E-state index contributed by atoms with van der Waals surface area (Å²) in [6, 6.07) is 9.81. The minimum absolute atomic E-state index is 0.128. The molecule has 2 aromatic rings. The van der Waals surface area contributed by atoms with Crippen LogP contribution in [0.4, 0.5) is 4.39 Å². The lowest BCUT2D eigenvalue weighted by Gasteiger charge is -2.50. The number of nitrogens with two attached hydrogens (primary N) is 1. The number of hydrogen-bond acceptors (Lipinski definition) is 5. The minimum atomic E-state index is -0.931. The second-order valence-electron chi connectivity index (χ2n) is 8.44. The van der Waals surface area contributed by atoms with Gasteiger partial charge in [0.1, 0.15) is 29.0 Å². The fourth-order valence-corrected chi connectivity index (χ4v) is 5.26. The van der Waals surface area contributed by atoms with Crippen LogP contribution in [0, 0.1) is 11.7 Å². The molecule has 5 rings (SSSR count). The maximum Gasteiger partial charge on any atom is 0.231 e. The second kappa shape index (κ2) is 7.05. The first-order chi connectivity index (χ1) is 14.8. The average Bonchev–Trinajstić information content (AvgIpc) is 2.71. The lowest BCUT2D eigenvalue weighted by molar-refractivity contribution is -0.132. The van der Waals surface area contributed by atoms with Crippen LogP contribution in [-0.4, -0.2) is 35.7 Å². The van der Waals surface area contributed by atoms with Gasteiger partial charge in [-0.05, 0) is 47.9 Å². The van der Waals surface area contributed by atoms with Gasteiger partial charge in [-0.15, -0.1) is 0 Å². The molecule has 2 heterocycles. The monoisotopic (exact) mass is 441 g/mol. The van der Waals surface area contributed by atoms with Crippen molar-refractivity contribution in [3.8, 4) is 16.9 Å². The van der Waals surface area contributed by atoms with E-state index in [-0.39, 0.29) is 42.5 Å². The Morgan fingerprint density at radius 2 is 2.03 bits per heavy atom. The highest BCUT2D eigenvalue weighted by Gasteiger charge is 2.55. The topological polar surface area (TPSA) is 85.0 Å². The van der Waals surface area contributed by atoms with Crippen molar-refractivity contribution in [3.05, 3.63) is 52.8 Å².